The molecule has 0 aromatic carbocycles. The summed E-state index contributed by atoms with van der Waals surface area (Å²) in [5.41, 5.74) is 0. The van der Waals surface area contributed by atoms with E-state index in [0.717, 1.165) is 36.8 Å². The highest BCUT2D eigenvalue weighted by Gasteiger charge is 2.28. The number of hydrogen-bond donors (Lipinski definition) is 0. The van der Waals surface area contributed by atoms with Crippen LogP contribution in [-0.4, -0.2) is 54.9 Å². The third-order valence-corrected chi connectivity index (χ3v) is 6.68. The first-order valence-corrected chi connectivity index (χ1v) is 10.3. The van der Waals surface area contributed by atoms with Gasteiger partial charge in [0.15, 0.2) is 0 Å². The van der Waals surface area contributed by atoms with Crippen LogP contribution in [0.25, 0.3) is 0 Å². The molecule has 2 fully saturated rings. The van der Waals surface area contributed by atoms with E-state index < -0.39 is 0 Å². The van der Waals surface area contributed by atoms with Gasteiger partial charge in [0.2, 0.25) is 0 Å². The van der Waals surface area contributed by atoms with Crippen molar-refractivity contribution in [1.82, 2.24) is 9.80 Å². The van der Waals surface area contributed by atoms with E-state index in [2.05, 4.69) is 37.5 Å². The Morgan fingerprint density at radius 1 is 0.769 bits per heavy atom. The van der Waals surface area contributed by atoms with Crippen molar-refractivity contribution in [2.45, 2.75) is 60.3 Å². The second-order valence-corrected chi connectivity index (χ2v) is 9.07. The van der Waals surface area contributed by atoms with Crippen LogP contribution in [0.4, 0.5) is 0 Å². The number of carbonyl (C=O) groups is 1. The average molecular weight is 409 g/mol. The summed E-state index contributed by atoms with van der Waals surface area (Å²) in [4.78, 5) is 17.3. The van der Waals surface area contributed by atoms with E-state index in [-0.39, 0.29) is 30.7 Å². The summed E-state index contributed by atoms with van der Waals surface area (Å²) in [6, 6.07) is 0. The number of likely N-dealkylation sites (tertiary alicyclic amines) is 2. The molecule has 0 bridgehead atoms. The van der Waals surface area contributed by atoms with Gasteiger partial charge >= 0.3 is 0 Å². The summed E-state index contributed by atoms with van der Waals surface area (Å²) in [5, 5.41) is 0. The van der Waals surface area contributed by atoms with Gasteiger partial charge in [-0.25, -0.2) is 0 Å². The van der Waals surface area contributed by atoms with Crippen LogP contribution in [0.3, 0.4) is 0 Å². The monoisotopic (exact) mass is 408 g/mol. The molecule has 156 valence electrons. The highest BCUT2D eigenvalue weighted by Crippen LogP contribution is 2.27. The van der Waals surface area contributed by atoms with Gasteiger partial charge < -0.3 is 9.80 Å². The molecule has 0 spiro atoms. The smallest absolute Gasteiger partial charge is 0.135 e. The fourth-order valence-corrected chi connectivity index (χ4v) is 4.54. The van der Waals surface area contributed by atoms with E-state index in [4.69, 9.17) is 0 Å². The Bertz CT molecular complexity index is 357. The molecular weight excluding hydrogens is 367 g/mol. The number of carbonyl (C=O) groups excluding carboxylic acids is 1. The number of ketones is 1. The van der Waals surface area contributed by atoms with Crippen molar-refractivity contribution in [2.24, 2.45) is 29.6 Å². The molecule has 0 radical (unpaired) electrons. The minimum absolute atomic E-state index is 0. The molecule has 0 aromatic heterocycles. The van der Waals surface area contributed by atoms with Gasteiger partial charge in [-0.3, -0.25) is 4.79 Å². The fraction of sp³-hybridized carbons (Fsp3) is 0.952. The molecule has 2 aliphatic heterocycles. The molecular formula is C21H42Cl2N2O. The SMILES string of the molecule is CC(=O)C(CN1CCC(C(C)C)CC1)CN1CCC(C(C)C)CC1.Cl.Cl. The van der Waals surface area contributed by atoms with Crippen molar-refractivity contribution >= 4 is 30.6 Å². The molecule has 2 heterocycles. The third kappa shape index (κ3) is 8.04. The number of Topliss-reactive ketones (excluding diaryl/α,β-unsaturated/α-hetero) is 1. The van der Waals surface area contributed by atoms with Gasteiger partial charge in [0.25, 0.3) is 0 Å². The van der Waals surface area contributed by atoms with Crippen LogP contribution in [0.2, 0.25) is 0 Å². The first kappa shape index (κ1) is 26.2. The maximum Gasteiger partial charge on any atom is 0.135 e. The summed E-state index contributed by atoms with van der Waals surface area (Å²) in [7, 11) is 0. The molecule has 3 nitrogen and oxygen atoms in total. The van der Waals surface area contributed by atoms with Crippen LogP contribution in [0, 0.1) is 29.6 Å². The highest BCUT2D eigenvalue weighted by molar-refractivity contribution is 5.85. The van der Waals surface area contributed by atoms with Crippen LogP contribution in [0.15, 0.2) is 0 Å². The van der Waals surface area contributed by atoms with Crippen LogP contribution in [-0.2, 0) is 4.79 Å². The highest BCUT2D eigenvalue weighted by atomic mass is 35.5. The molecule has 5 heteroatoms. The van der Waals surface area contributed by atoms with Gasteiger partial charge in [-0.2, -0.15) is 0 Å². The van der Waals surface area contributed by atoms with E-state index in [9.17, 15) is 4.79 Å². The molecule has 0 amide bonds. The van der Waals surface area contributed by atoms with Gasteiger partial charge in [0, 0.05) is 19.0 Å². The first-order chi connectivity index (χ1) is 11.4. The molecule has 0 atom stereocenters. The number of rotatable bonds is 7. The zero-order chi connectivity index (χ0) is 17.7. The van der Waals surface area contributed by atoms with E-state index in [0.29, 0.717) is 5.78 Å². The van der Waals surface area contributed by atoms with E-state index in [1.54, 1.807) is 6.92 Å². The predicted octanol–water partition coefficient (Wildman–Crippen LogP) is 4.77. The minimum atomic E-state index is 0. The quantitative estimate of drug-likeness (QED) is 0.605. The maximum absolute atomic E-state index is 12.2. The summed E-state index contributed by atoms with van der Waals surface area (Å²) < 4.78 is 0. The van der Waals surface area contributed by atoms with Crippen molar-refractivity contribution in [3.63, 3.8) is 0 Å². The van der Waals surface area contributed by atoms with Crippen molar-refractivity contribution in [3.05, 3.63) is 0 Å². The van der Waals surface area contributed by atoms with Crippen molar-refractivity contribution in [2.75, 3.05) is 39.3 Å². The number of nitrogens with zero attached hydrogens (tertiary/aromatic N) is 2. The van der Waals surface area contributed by atoms with Crippen molar-refractivity contribution in [3.8, 4) is 0 Å². The Balaban J connectivity index is 0.00000312. The Morgan fingerprint density at radius 3 is 1.31 bits per heavy atom. The zero-order valence-corrected chi connectivity index (χ0v) is 19.2. The Kier molecular flexibility index (Phi) is 12.7. The molecule has 26 heavy (non-hydrogen) atoms. The lowest BCUT2D eigenvalue weighted by Crippen LogP contribution is -2.45. The Labute approximate surface area is 174 Å². The molecule has 0 unspecified atom stereocenters. The second-order valence-electron chi connectivity index (χ2n) is 9.07. The molecule has 0 saturated carbocycles. The van der Waals surface area contributed by atoms with Crippen LogP contribution in [0.1, 0.15) is 60.3 Å². The van der Waals surface area contributed by atoms with Gasteiger partial charge in [-0.15, -0.1) is 24.8 Å². The number of piperidine rings is 2. The molecule has 2 saturated heterocycles. The lowest BCUT2D eigenvalue weighted by atomic mass is 9.85. The van der Waals surface area contributed by atoms with Crippen molar-refractivity contribution in [1.29, 1.82) is 0 Å². The van der Waals surface area contributed by atoms with Gasteiger partial charge in [-0.1, -0.05) is 27.7 Å². The summed E-state index contributed by atoms with van der Waals surface area (Å²) in [6.07, 6.45) is 5.23. The normalized spacial score (nSPS) is 21.1. The second kappa shape index (κ2) is 12.6. The lowest BCUT2D eigenvalue weighted by Gasteiger charge is -2.38. The summed E-state index contributed by atoms with van der Waals surface area (Å²) >= 11 is 0. The summed E-state index contributed by atoms with van der Waals surface area (Å²) in [6.45, 7) is 17.9. The minimum Gasteiger partial charge on any atom is -0.303 e. The van der Waals surface area contributed by atoms with E-state index in [1.165, 1.54) is 51.9 Å². The average Bonchev–Trinajstić information content (AvgIpc) is 2.55. The van der Waals surface area contributed by atoms with E-state index >= 15 is 0 Å². The summed E-state index contributed by atoms with van der Waals surface area (Å²) in [5.74, 6) is 3.96. The molecule has 0 aliphatic carbocycles. The van der Waals surface area contributed by atoms with Gasteiger partial charge in [0.05, 0.1) is 0 Å². The third-order valence-electron chi connectivity index (χ3n) is 6.68. The zero-order valence-electron chi connectivity index (χ0n) is 17.6. The number of hydrogen-bond acceptors (Lipinski definition) is 3. The van der Waals surface area contributed by atoms with E-state index in [1.807, 2.05) is 0 Å². The molecule has 2 rings (SSSR count). The van der Waals surface area contributed by atoms with Crippen molar-refractivity contribution < 1.29 is 4.79 Å². The van der Waals surface area contributed by atoms with Crippen LogP contribution in [0.5, 0.6) is 0 Å². The Hall–Kier alpha value is 0.170. The van der Waals surface area contributed by atoms with Crippen LogP contribution >= 0.6 is 24.8 Å². The molecule has 0 aromatic rings. The predicted molar refractivity (Wildman–Crippen MR) is 117 cm³/mol. The lowest BCUT2D eigenvalue weighted by molar-refractivity contribution is -0.122. The Morgan fingerprint density at radius 2 is 1.08 bits per heavy atom. The van der Waals surface area contributed by atoms with Crippen LogP contribution < -0.4 is 0 Å². The maximum atomic E-state index is 12.2. The standard InChI is InChI=1S/C21H40N2O.2ClH/c1-16(2)19-6-10-22(11-7-19)14-21(18(5)24)15-23-12-8-20(9-13-23)17(3)4;;/h16-17,19-21H,6-15H2,1-5H3;2*1H. The largest absolute Gasteiger partial charge is 0.303 e. The molecule has 2 aliphatic rings. The van der Waals surface area contributed by atoms with Gasteiger partial charge in [-0.05, 0) is 82.5 Å². The van der Waals surface area contributed by atoms with Gasteiger partial charge in [0.1, 0.15) is 5.78 Å². The topological polar surface area (TPSA) is 23.6 Å². The first-order valence-electron chi connectivity index (χ1n) is 10.3. The fourth-order valence-electron chi connectivity index (χ4n) is 4.54. The number of halogens is 2. The molecule has 0 N–H and O–H groups in total.